The Morgan fingerprint density at radius 1 is 1.04 bits per heavy atom. The van der Waals surface area contributed by atoms with Crippen molar-refractivity contribution in [2.24, 2.45) is 0 Å². The van der Waals surface area contributed by atoms with E-state index in [1.54, 1.807) is 18.3 Å². The van der Waals surface area contributed by atoms with Crippen LogP contribution in [0.15, 0.2) is 18.2 Å². The van der Waals surface area contributed by atoms with Crippen LogP contribution >= 0.6 is 11.6 Å². The van der Waals surface area contributed by atoms with Crippen molar-refractivity contribution < 1.29 is 31.5 Å². The highest BCUT2D eigenvalue weighted by molar-refractivity contribution is 6.30. The van der Waals surface area contributed by atoms with Gasteiger partial charge in [0, 0.05) is 5.02 Å². The fourth-order valence-electron chi connectivity index (χ4n) is 1.81. The molecule has 0 bridgehead atoms. The number of carbonyl (C=O) groups is 1. The molecular formula is C15H9ClF5NO2. The first-order valence-corrected chi connectivity index (χ1v) is 6.80. The molecule has 0 radical (unpaired) electrons. The smallest absolute Gasteiger partial charge is 0.262 e. The minimum Gasteiger partial charge on any atom is -0.483 e. The average molecular weight is 366 g/mol. The van der Waals surface area contributed by atoms with Crippen LogP contribution < -0.4 is 10.1 Å². The highest BCUT2D eigenvalue weighted by Crippen LogP contribution is 2.27. The van der Waals surface area contributed by atoms with Gasteiger partial charge in [-0.2, -0.15) is 0 Å². The SMILES string of the molecule is Cc1cc(Cl)ccc1OCC(=O)Nc1c(F)c(F)c(F)c(F)c1F. The lowest BCUT2D eigenvalue weighted by atomic mass is 10.2. The molecule has 128 valence electrons. The molecule has 0 aliphatic carbocycles. The summed E-state index contributed by atoms with van der Waals surface area (Å²) in [4.78, 5) is 11.6. The molecule has 9 heteroatoms. The Kier molecular flexibility index (Phi) is 5.28. The number of ether oxygens (including phenoxy) is 1. The number of benzene rings is 2. The van der Waals surface area contributed by atoms with Gasteiger partial charge in [-0.1, -0.05) is 11.6 Å². The third-order valence-corrected chi connectivity index (χ3v) is 3.21. The van der Waals surface area contributed by atoms with Gasteiger partial charge in [-0.05, 0) is 30.7 Å². The maximum Gasteiger partial charge on any atom is 0.262 e. The Hall–Kier alpha value is -2.35. The summed E-state index contributed by atoms with van der Waals surface area (Å²) < 4.78 is 71.0. The molecule has 0 fully saturated rings. The van der Waals surface area contributed by atoms with Crippen LogP contribution in [0, 0.1) is 36.0 Å². The minimum atomic E-state index is -2.31. The van der Waals surface area contributed by atoms with Crippen LogP contribution in [-0.2, 0) is 4.79 Å². The van der Waals surface area contributed by atoms with E-state index in [0.717, 1.165) is 0 Å². The molecule has 2 aromatic carbocycles. The lowest BCUT2D eigenvalue weighted by molar-refractivity contribution is -0.118. The van der Waals surface area contributed by atoms with Crippen molar-refractivity contribution in [2.45, 2.75) is 6.92 Å². The van der Waals surface area contributed by atoms with Crippen LogP contribution in [0.4, 0.5) is 27.6 Å². The minimum absolute atomic E-state index is 0.270. The molecule has 0 saturated carbocycles. The van der Waals surface area contributed by atoms with E-state index in [1.807, 2.05) is 0 Å². The number of halogens is 6. The zero-order chi connectivity index (χ0) is 18.0. The summed E-state index contributed by atoms with van der Waals surface area (Å²) in [5, 5.41) is 2.04. The maximum absolute atomic E-state index is 13.4. The molecule has 0 unspecified atom stereocenters. The molecule has 2 rings (SSSR count). The van der Waals surface area contributed by atoms with E-state index in [-0.39, 0.29) is 5.75 Å². The van der Waals surface area contributed by atoms with Crippen LogP contribution in [-0.4, -0.2) is 12.5 Å². The van der Waals surface area contributed by atoms with Gasteiger partial charge in [-0.3, -0.25) is 4.79 Å². The zero-order valence-corrected chi connectivity index (χ0v) is 12.8. The van der Waals surface area contributed by atoms with Crippen molar-refractivity contribution in [2.75, 3.05) is 11.9 Å². The second-order valence-corrected chi connectivity index (χ2v) is 5.13. The number of rotatable bonds is 4. The Bertz CT molecular complexity index is 784. The van der Waals surface area contributed by atoms with Crippen molar-refractivity contribution >= 4 is 23.2 Å². The number of hydrogen-bond donors (Lipinski definition) is 1. The van der Waals surface area contributed by atoms with E-state index >= 15 is 0 Å². The highest BCUT2D eigenvalue weighted by Gasteiger charge is 2.26. The molecule has 3 nitrogen and oxygen atoms in total. The van der Waals surface area contributed by atoms with Crippen molar-refractivity contribution in [1.82, 2.24) is 0 Å². The van der Waals surface area contributed by atoms with Gasteiger partial charge >= 0.3 is 0 Å². The Morgan fingerprint density at radius 3 is 2.12 bits per heavy atom. The zero-order valence-electron chi connectivity index (χ0n) is 12.0. The first-order chi connectivity index (χ1) is 11.2. The van der Waals surface area contributed by atoms with Crippen LogP contribution in [0.25, 0.3) is 0 Å². The molecule has 0 spiro atoms. The predicted octanol–water partition coefficient (Wildman–Crippen LogP) is 4.36. The monoisotopic (exact) mass is 365 g/mol. The largest absolute Gasteiger partial charge is 0.483 e. The summed E-state index contributed by atoms with van der Waals surface area (Å²) in [6.45, 7) is 0.936. The Balaban J connectivity index is 2.13. The number of aryl methyl sites for hydroxylation is 1. The maximum atomic E-state index is 13.4. The average Bonchev–Trinajstić information content (AvgIpc) is 2.54. The van der Waals surface area contributed by atoms with Crippen molar-refractivity contribution in [3.63, 3.8) is 0 Å². The summed E-state index contributed by atoms with van der Waals surface area (Å²) in [7, 11) is 0. The van der Waals surface area contributed by atoms with Crippen LogP contribution in [0.2, 0.25) is 5.02 Å². The molecule has 0 aliphatic heterocycles. The molecule has 0 heterocycles. The second kappa shape index (κ2) is 7.04. The molecule has 24 heavy (non-hydrogen) atoms. The van der Waals surface area contributed by atoms with Gasteiger partial charge in [0.2, 0.25) is 5.82 Å². The van der Waals surface area contributed by atoms with Crippen LogP contribution in [0.5, 0.6) is 5.75 Å². The van der Waals surface area contributed by atoms with E-state index in [0.29, 0.717) is 10.6 Å². The number of hydrogen-bond acceptors (Lipinski definition) is 2. The summed E-state index contributed by atoms with van der Waals surface area (Å²) >= 11 is 5.74. The van der Waals surface area contributed by atoms with E-state index in [4.69, 9.17) is 16.3 Å². The molecule has 2 aromatic rings. The summed E-state index contributed by atoms with van der Waals surface area (Å²) in [6.07, 6.45) is 0. The quantitative estimate of drug-likeness (QED) is 0.496. The first kappa shape index (κ1) is 18.0. The topological polar surface area (TPSA) is 38.3 Å². The third kappa shape index (κ3) is 3.59. The normalized spacial score (nSPS) is 10.6. The molecule has 0 aromatic heterocycles. The lowest BCUT2D eigenvalue weighted by Gasteiger charge is -2.11. The number of nitrogens with one attached hydrogen (secondary N) is 1. The van der Waals surface area contributed by atoms with Gasteiger partial charge in [0.1, 0.15) is 11.4 Å². The summed E-state index contributed by atoms with van der Waals surface area (Å²) in [6, 6.07) is 4.51. The number of carbonyl (C=O) groups excluding carboxylic acids is 1. The second-order valence-electron chi connectivity index (χ2n) is 4.69. The Morgan fingerprint density at radius 2 is 1.58 bits per heavy atom. The summed E-state index contributed by atoms with van der Waals surface area (Å²) in [5.74, 6) is -11.7. The first-order valence-electron chi connectivity index (χ1n) is 6.42. The summed E-state index contributed by atoms with van der Waals surface area (Å²) in [5.41, 5.74) is -0.848. The fraction of sp³-hybridized carbons (Fsp3) is 0.133. The highest BCUT2D eigenvalue weighted by atomic mass is 35.5. The van der Waals surface area contributed by atoms with E-state index < -0.39 is 47.3 Å². The van der Waals surface area contributed by atoms with Crippen LogP contribution in [0.1, 0.15) is 5.56 Å². The van der Waals surface area contributed by atoms with E-state index in [9.17, 15) is 26.7 Å². The van der Waals surface area contributed by atoms with Gasteiger partial charge in [-0.25, -0.2) is 22.0 Å². The van der Waals surface area contributed by atoms with Crippen LogP contribution in [0.3, 0.4) is 0 Å². The number of amides is 1. The van der Waals surface area contributed by atoms with E-state index in [1.165, 1.54) is 12.1 Å². The number of anilines is 1. The van der Waals surface area contributed by atoms with Gasteiger partial charge < -0.3 is 10.1 Å². The van der Waals surface area contributed by atoms with Gasteiger partial charge in [0.25, 0.3) is 5.91 Å². The van der Waals surface area contributed by atoms with Gasteiger partial charge in [0.05, 0.1) is 0 Å². The van der Waals surface area contributed by atoms with Crippen molar-refractivity contribution in [3.8, 4) is 5.75 Å². The molecular weight excluding hydrogens is 357 g/mol. The van der Waals surface area contributed by atoms with Crippen molar-refractivity contribution in [3.05, 3.63) is 57.9 Å². The molecule has 1 N–H and O–H groups in total. The standard InChI is InChI=1S/C15H9ClF5NO2/c1-6-4-7(16)2-3-8(6)24-5-9(23)22-15-13(20)11(18)10(17)12(19)14(15)21/h2-4H,5H2,1H3,(H,22,23). The van der Waals surface area contributed by atoms with Gasteiger partial charge in [-0.15, -0.1) is 0 Å². The molecule has 0 atom stereocenters. The predicted molar refractivity (Wildman–Crippen MR) is 76.5 cm³/mol. The fourth-order valence-corrected chi connectivity index (χ4v) is 2.03. The lowest BCUT2D eigenvalue weighted by Crippen LogP contribution is -2.23. The van der Waals surface area contributed by atoms with Gasteiger partial charge in [0.15, 0.2) is 29.9 Å². The van der Waals surface area contributed by atoms with E-state index in [2.05, 4.69) is 0 Å². The molecule has 0 aliphatic rings. The molecule has 1 amide bonds. The van der Waals surface area contributed by atoms with Crippen molar-refractivity contribution in [1.29, 1.82) is 0 Å². The molecule has 0 saturated heterocycles. The third-order valence-electron chi connectivity index (χ3n) is 2.97. The Labute approximate surface area is 138 Å².